The van der Waals surface area contributed by atoms with E-state index in [1.807, 2.05) is 30.3 Å². The number of hydrogen-bond acceptors (Lipinski definition) is 7. The lowest BCUT2D eigenvalue weighted by atomic mass is 9.96. The van der Waals surface area contributed by atoms with Crippen LogP contribution < -0.4 is 14.8 Å². The quantitative estimate of drug-likeness (QED) is 0.180. The Balaban J connectivity index is 1.20. The summed E-state index contributed by atoms with van der Waals surface area (Å²) < 4.78 is 24.4. The first-order valence-electron chi connectivity index (χ1n) is 13.3. The number of rotatable bonds is 8. The second-order valence-corrected chi connectivity index (χ2v) is 10.9. The summed E-state index contributed by atoms with van der Waals surface area (Å²) in [6.07, 6.45) is 9.22. The molecule has 0 radical (unpaired) electrons. The van der Waals surface area contributed by atoms with Crippen LogP contribution in [0.15, 0.2) is 90.1 Å². The molecule has 0 saturated heterocycles. The molecule has 1 fully saturated rings. The van der Waals surface area contributed by atoms with Crippen molar-refractivity contribution in [2.75, 3.05) is 10.0 Å². The molecule has 0 atom stereocenters. The van der Waals surface area contributed by atoms with Crippen LogP contribution in [0.5, 0.6) is 11.6 Å². The van der Waals surface area contributed by atoms with Gasteiger partial charge >= 0.3 is 0 Å². The molecule has 2 N–H and O–H groups in total. The second-order valence-electron chi connectivity index (χ2n) is 9.65. The molecular weight excluding hydrogens is 545 g/mol. The van der Waals surface area contributed by atoms with Crippen molar-refractivity contribution in [2.45, 2.75) is 43.0 Å². The summed E-state index contributed by atoms with van der Waals surface area (Å²) in [6, 6.07) is 22.7. The number of pyridine rings is 1. The Morgan fingerprint density at radius 1 is 0.900 bits per heavy atom. The topological polar surface area (TPSA) is 72.0 Å². The fourth-order valence-electron chi connectivity index (χ4n) is 4.86. The van der Waals surface area contributed by atoms with Gasteiger partial charge in [-0.05, 0) is 59.8 Å². The maximum atomic E-state index is 15.3. The SMILES string of the molecule is Fc1cc(NSc2cccc3ccccc23)c(Cl)cc1Oc1ncccc1-c1ccnc(NC2CCCCC2)n1. The van der Waals surface area contributed by atoms with E-state index in [9.17, 15) is 0 Å². The molecule has 0 aliphatic heterocycles. The van der Waals surface area contributed by atoms with Gasteiger partial charge in [0.1, 0.15) is 0 Å². The van der Waals surface area contributed by atoms with Gasteiger partial charge in [0.25, 0.3) is 0 Å². The van der Waals surface area contributed by atoms with E-state index in [1.165, 1.54) is 43.3 Å². The highest BCUT2D eigenvalue weighted by atomic mass is 35.5. The summed E-state index contributed by atoms with van der Waals surface area (Å²) in [5.41, 5.74) is 1.70. The molecule has 202 valence electrons. The monoisotopic (exact) mass is 571 g/mol. The van der Waals surface area contributed by atoms with E-state index >= 15 is 4.39 Å². The molecule has 0 unspecified atom stereocenters. The summed E-state index contributed by atoms with van der Waals surface area (Å²) >= 11 is 7.93. The van der Waals surface area contributed by atoms with Crippen LogP contribution in [-0.2, 0) is 0 Å². The normalized spacial score (nSPS) is 13.8. The van der Waals surface area contributed by atoms with E-state index in [2.05, 4.69) is 38.2 Å². The summed E-state index contributed by atoms with van der Waals surface area (Å²) in [4.78, 5) is 14.5. The molecule has 1 saturated carbocycles. The Kier molecular flexibility index (Phi) is 7.97. The highest BCUT2D eigenvalue weighted by molar-refractivity contribution is 8.00. The lowest BCUT2D eigenvalue weighted by Gasteiger charge is -2.22. The van der Waals surface area contributed by atoms with E-state index in [4.69, 9.17) is 21.3 Å². The van der Waals surface area contributed by atoms with Crippen molar-refractivity contribution in [3.8, 4) is 22.9 Å². The largest absolute Gasteiger partial charge is 0.435 e. The number of anilines is 2. The van der Waals surface area contributed by atoms with Crippen molar-refractivity contribution in [2.24, 2.45) is 0 Å². The van der Waals surface area contributed by atoms with Crippen LogP contribution in [0.4, 0.5) is 16.0 Å². The summed E-state index contributed by atoms with van der Waals surface area (Å²) in [6.45, 7) is 0. The molecule has 0 bridgehead atoms. The van der Waals surface area contributed by atoms with Crippen LogP contribution in [0.1, 0.15) is 32.1 Å². The first-order valence-corrected chi connectivity index (χ1v) is 14.5. The average molecular weight is 572 g/mol. The fourth-order valence-corrected chi connectivity index (χ4v) is 5.95. The Bertz CT molecular complexity index is 1640. The smallest absolute Gasteiger partial charge is 0.228 e. The first-order chi connectivity index (χ1) is 19.6. The number of nitrogens with zero attached hydrogens (tertiary/aromatic N) is 3. The highest BCUT2D eigenvalue weighted by Gasteiger charge is 2.18. The van der Waals surface area contributed by atoms with Crippen molar-refractivity contribution in [3.05, 3.63) is 96.0 Å². The molecule has 2 heterocycles. The molecule has 2 aromatic heterocycles. The van der Waals surface area contributed by atoms with Gasteiger partial charge < -0.3 is 14.8 Å². The van der Waals surface area contributed by atoms with Crippen LogP contribution in [-0.4, -0.2) is 21.0 Å². The predicted octanol–water partition coefficient (Wildman–Crippen LogP) is 9.14. The van der Waals surface area contributed by atoms with Gasteiger partial charge in [-0.2, -0.15) is 0 Å². The zero-order chi connectivity index (χ0) is 27.3. The number of aromatic nitrogens is 3. The Morgan fingerprint density at radius 3 is 2.65 bits per heavy atom. The van der Waals surface area contributed by atoms with Crippen molar-refractivity contribution in [3.63, 3.8) is 0 Å². The Labute approximate surface area is 241 Å². The Hall–Kier alpha value is -3.88. The van der Waals surface area contributed by atoms with Gasteiger partial charge in [0.15, 0.2) is 11.6 Å². The molecule has 40 heavy (non-hydrogen) atoms. The third kappa shape index (κ3) is 5.98. The number of nitrogens with one attached hydrogen (secondary N) is 2. The van der Waals surface area contributed by atoms with Crippen LogP contribution in [0, 0.1) is 5.82 Å². The van der Waals surface area contributed by atoms with E-state index in [-0.39, 0.29) is 11.6 Å². The van der Waals surface area contributed by atoms with Crippen molar-refractivity contribution in [1.29, 1.82) is 0 Å². The van der Waals surface area contributed by atoms with Gasteiger partial charge in [-0.25, -0.2) is 19.3 Å². The third-order valence-electron chi connectivity index (χ3n) is 6.89. The minimum Gasteiger partial charge on any atom is -0.435 e. The molecule has 5 aromatic rings. The predicted molar refractivity (Wildman–Crippen MR) is 161 cm³/mol. The van der Waals surface area contributed by atoms with Crippen LogP contribution in [0.3, 0.4) is 0 Å². The number of ether oxygens (including phenoxy) is 1. The standard InChI is InChI=1S/C31H27ClFN5OS/c32-24-18-28(25(33)19-27(24)38-40-29-14-6-9-20-8-4-5-12-22(20)29)39-30-23(13-7-16-34-30)26-15-17-35-31(37-26)36-21-10-2-1-3-11-21/h4-9,12-19,21,38H,1-3,10-11H2,(H,35,36,37). The summed E-state index contributed by atoms with van der Waals surface area (Å²) in [5, 5.41) is 6.00. The molecule has 6 nitrogen and oxygen atoms in total. The molecular formula is C31H27ClFN5OS. The van der Waals surface area contributed by atoms with E-state index in [1.54, 1.807) is 24.5 Å². The number of fused-ring (bicyclic) bond motifs is 1. The van der Waals surface area contributed by atoms with Crippen molar-refractivity contribution < 1.29 is 9.13 Å². The van der Waals surface area contributed by atoms with E-state index in [0.717, 1.165) is 28.5 Å². The summed E-state index contributed by atoms with van der Waals surface area (Å²) in [7, 11) is 0. The van der Waals surface area contributed by atoms with Gasteiger partial charge in [-0.15, -0.1) is 0 Å². The highest BCUT2D eigenvalue weighted by Crippen LogP contribution is 2.38. The zero-order valence-electron chi connectivity index (χ0n) is 21.6. The van der Waals surface area contributed by atoms with E-state index in [0.29, 0.717) is 34.0 Å². The van der Waals surface area contributed by atoms with Crippen LogP contribution in [0.25, 0.3) is 22.0 Å². The average Bonchev–Trinajstić information content (AvgIpc) is 2.99. The number of benzene rings is 3. The fraction of sp³-hybridized carbons (Fsp3) is 0.194. The third-order valence-corrected chi connectivity index (χ3v) is 8.10. The van der Waals surface area contributed by atoms with Crippen molar-refractivity contribution >= 4 is 46.0 Å². The molecule has 1 aliphatic rings. The van der Waals surface area contributed by atoms with Gasteiger partial charge in [0.2, 0.25) is 11.8 Å². The number of halogens is 2. The zero-order valence-corrected chi connectivity index (χ0v) is 23.2. The lowest BCUT2D eigenvalue weighted by Crippen LogP contribution is -2.23. The molecule has 0 spiro atoms. The summed E-state index contributed by atoms with van der Waals surface area (Å²) in [5.74, 6) is 0.197. The Morgan fingerprint density at radius 2 is 1.75 bits per heavy atom. The molecule has 1 aliphatic carbocycles. The van der Waals surface area contributed by atoms with Gasteiger partial charge in [-0.3, -0.25) is 0 Å². The second kappa shape index (κ2) is 12.1. The molecule has 3 aromatic carbocycles. The van der Waals surface area contributed by atoms with E-state index < -0.39 is 5.82 Å². The van der Waals surface area contributed by atoms with Crippen molar-refractivity contribution in [1.82, 2.24) is 15.0 Å². The molecule has 6 rings (SSSR count). The molecule has 0 amide bonds. The van der Waals surface area contributed by atoms with Crippen LogP contribution >= 0.6 is 23.5 Å². The van der Waals surface area contributed by atoms with Gasteiger partial charge in [-0.1, -0.05) is 67.3 Å². The number of hydrogen-bond donors (Lipinski definition) is 2. The van der Waals surface area contributed by atoms with Gasteiger partial charge in [0, 0.05) is 35.5 Å². The lowest BCUT2D eigenvalue weighted by molar-refractivity contribution is 0.429. The first kappa shape index (κ1) is 26.3. The molecule has 9 heteroatoms. The maximum Gasteiger partial charge on any atom is 0.228 e. The van der Waals surface area contributed by atoms with Gasteiger partial charge in [0.05, 0.1) is 22.0 Å². The van der Waals surface area contributed by atoms with Crippen LogP contribution in [0.2, 0.25) is 5.02 Å². The minimum atomic E-state index is -0.565. The maximum absolute atomic E-state index is 15.3. The minimum absolute atomic E-state index is 0.0275.